The Labute approximate surface area is 122 Å². The van der Waals surface area contributed by atoms with E-state index in [2.05, 4.69) is 5.32 Å². The van der Waals surface area contributed by atoms with Crippen molar-refractivity contribution in [2.45, 2.75) is 20.8 Å². The van der Waals surface area contributed by atoms with Gasteiger partial charge in [-0.25, -0.2) is 0 Å². The summed E-state index contributed by atoms with van der Waals surface area (Å²) in [5, 5.41) is 11.5. The highest BCUT2D eigenvalue weighted by Crippen LogP contribution is 2.33. The van der Waals surface area contributed by atoms with E-state index in [1.165, 1.54) is 7.11 Å². The van der Waals surface area contributed by atoms with Gasteiger partial charge in [0.1, 0.15) is 0 Å². The number of hydrogen-bond donors (Lipinski definition) is 2. The number of aromatic hydroxyl groups is 1. The average Bonchev–Trinajstić information content (AvgIpc) is 2.74. The number of carbonyl (C=O) groups excluding carboxylic acids is 2. The molecule has 1 aliphatic heterocycles. The lowest BCUT2D eigenvalue weighted by Crippen LogP contribution is -2.17. The lowest BCUT2D eigenvalue weighted by Gasteiger charge is -2.07. The number of rotatable bonds is 2. The predicted octanol–water partition coefficient (Wildman–Crippen LogP) is 3.06. The monoisotopic (exact) mass is 295 g/mol. The number of phenols is 1. The van der Waals surface area contributed by atoms with E-state index >= 15 is 0 Å². The molecule has 0 radical (unpaired) electrons. The molecule has 2 N–H and O–H groups in total. The maximum atomic E-state index is 11.4. The van der Waals surface area contributed by atoms with Gasteiger partial charge in [0, 0.05) is 0 Å². The van der Waals surface area contributed by atoms with Crippen LogP contribution in [-0.4, -0.2) is 23.4 Å². The summed E-state index contributed by atoms with van der Waals surface area (Å²) >= 11 is 0.850. The minimum Gasteiger partial charge on any atom is -0.504 e. The van der Waals surface area contributed by atoms with E-state index in [0.717, 1.165) is 11.8 Å². The minimum atomic E-state index is -0.408. The molecule has 5 nitrogen and oxygen atoms in total. The van der Waals surface area contributed by atoms with Gasteiger partial charge in [-0.1, -0.05) is 13.8 Å². The number of imide groups is 1. The van der Waals surface area contributed by atoms with E-state index in [1.54, 1.807) is 25.1 Å². The molecule has 1 aliphatic rings. The summed E-state index contributed by atoms with van der Waals surface area (Å²) in [4.78, 5) is 22.7. The standard InChI is InChI=1S/C12H11NO4S.C2H6/c1-6-3-7(4-8(17-2)10(6)14)5-9-11(15)13-12(16)18-9;1-2/h3-5,14H,1-2H3,(H,13,15,16);1-2H3/b9-5+;. The first kappa shape index (κ1) is 16.1. The Morgan fingerprint density at radius 1 is 1.30 bits per heavy atom. The van der Waals surface area contributed by atoms with Crippen LogP contribution in [0.1, 0.15) is 25.0 Å². The first-order valence-electron chi connectivity index (χ1n) is 6.13. The van der Waals surface area contributed by atoms with E-state index in [-0.39, 0.29) is 11.0 Å². The first-order valence-corrected chi connectivity index (χ1v) is 6.95. The van der Waals surface area contributed by atoms with Crippen molar-refractivity contribution < 1.29 is 19.4 Å². The summed E-state index contributed by atoms with van der Waals surface area (Å²) in [6.07, 6.45) is 1.58. The van der Waals surface area contributed by atoms with E-state index in [1.807, 2.05) is 13.8 Å². The molecule has 2 rings (SSSR count). The summed E-state index contributed by atoms with van der Waals surface area (Å²) in [5.41, 5.74) is 1.32. The molecule has 108 valence electrons. The van der Waals surface area contributed by atoms with Crippen LogP contribution in [0.4, 0.5) is 4.79 Å². The highest BCUT2D eigenvalue weighted by atomic mass is 32.2. The fraction of sp³-hybridized carbons (Fsp3) is 0.286. The highest BCUT2D eigenvalue weighted by Gasteiger charge is 2.25. The number of ether oxygens (including phenoxy) is 1. The number of amides is 2. The van der Waals surface area contributed by atoms with Crippen molar-refractivity contribution in [2.75, 3.05) is 7.11 Å². The van der Waals surface area contributed by atoms with Gasteiger partial charge in [0.25, 0.3) is 11.1 Å². The molecular weight excluding hydrogens is 278 g/mol. The topological polar surface area (TPSA) is 75.6 Å². The zero-order valence-corrected chi connectivity index (χ0v) is 12.6. The van der Waals surface area contributed by atoms with E-state index in [0.29, 0.717) is 21.8 Å². The normalized spacial score (nSPS) is 15.7. The number of nitrogens with one attached hydrogen (secondary N) is 1. The van der Waals surface area contributed by atoms with Crippen LogP contribution in [-0.2, 0) is 4.79 Å². The number of methoxy groups -OCH3 is 1. The molecule has 0 bridgehead atoms. The molecule has 1 saturated heterocycles. The third-order valence-electron chi connectivity index (χ3n) is 2.45. The molecule has 0 aromatic heterocycles. The molecule has 2 amide bonds. The Morgan fingerprint density at radius 3 is 2.45 bits per heavy atom. The summed E-state index contributed by atoms with van der Waals surface area (Å²) in [7, 11) is 1.45. The van der Waals surface area contributed by atoms with Crippen LogP contribution in [0.2, 0.25) is 0 Å². The quantitative estimate of drug-likeness (QED) is 0.820. The van der Waals surface area contributed by atoms with Crippen LogP contribution >= 0.6 is 11.8 Å². The number of thioether (sulfide) groups is 1. The number of aryl methyl sites for hydroxylation is 1. The molecule has 1 aromatic carbocycles. The van der Waals surface area contributed by atoms with E-state index in [9.17, 15) is 14.7 Å². The Bertz CT molecular complexity index is 567. The SMILES string of the molecule is CC.COc1cc(/C=C2/SC(=O)NC2=O)cc(C)c1O. The van der Waals surface area contributed by atoms with E-state index in [4.69, 9.17) is 4.74 Å². The summed E-state index contributed by atoms with van der Waals surface area (Å²) < 4.78 is 5.03. The molecule has 6 heteroatoms. The Balaban J connectivity index is 0.000000956. The van der Waals surface area contributed by atoms with Gasteiger partial charge in [0.05, 0.1) is 12.0 Å². The molecule has 0 atom stereocenters. The molecule has 1 heterocycles. The number of benzene rings is 1. The fourth-order valence-corrected chi connectivity index (χ4v) is 2.27. The van der Waals surface area contributed by atoms with Crippen molar-refractivity contribution in [2.24, 2.45) is 0 Å². The zero-order chi connectivity index (χ0) is 15.3. The van der Waals surface area contributed by atoms with Crippen molar-refractivity contribution in [3.63, 3.8) is 0 Å². The third-order valence-corrected chi connectivity index (χ3v) is 3.26. The minimum absolute atomic E-state index is 0.0688. The smallest absolute Gasteiger partial charge is 0.290 e. The van der Waals surface area contributed by atoms with Crippen molar-refractivity contribution in [1.82, 2.24) is 5.32 Å². The van der Waals surface area contributed by atoms with Gasteiger partial charge in [-0.2, -0.15) is 0 Å². The van der Waals surface area contributed by atoms with Gasteiger partial charge in [-0.05, 0) is 48.0 Å². The third kappa shape index (κ3) is 3.54. The van der Waals surface area contributed by atoms with Crippen LogP contribution in [0.5, 0.6) is 11.5 Å². The van der Waals surface area contributed by atoms with Crippen LogP contribution in [0.15, 0.2) is 17.0 Å². The number of hydrogen-bond acceptors (Lipinski definition) is 5. The second kappa shape index (κ2) is 7.00. The Hall–Kier alpha value is -1.95. The Kier molecular flexibility index (Phi) is 5.64. The molecule has 0 saturated carbocycles. The molecule has 1 aromatic rings. The highest BCUT2D eigenvalue weighted by molar-refractivity contribution is 8.18. The second-order valence-corrected chi connectivity index (χ2v) is 4.76. The zero-order valence-electron chi connectivity index (χ0n) is 11.8. The number of phenolic OH excluding ortho intramolecular Hbond substituents is 1. The van der Waals surface area contributed by atoms with Gasteiger partial charge >= 0.3 is 0 Å². The fourth-order valence-electron chi connectivity index (χ4n) is 1.59. The molecule has 20 heavy (non-hydrogen) atoms. The van der Waals surface area contributed by atoms with Gasteiger partial charge in [-0.3, -0.25) is 14.9 Å². The van der Waals surface area contributed by atoms with Gasteiger partial charge in [0.15, 0.2) is 11.5 Å². The van der Waals surface area contributed by atoms with Crippen molar-refractivity contribution in [3.05, 3.63) is 28.2 Å². The predicted molar refractivity (Wildman–Crippen MR) is 79.9 cm³/mol. The average molecular weight is 295 g/mol. The van der Waals surface area contributed by atoms with Crippen LogP contribution in [0.25, 0.3) is 6.08 Å². The molecular formula is C14H17NO4S. The van der Waals surface area contributed by atoms with Crippen molar-refractivity contribution in [3.8, 4) is 11.5 Å². The maximum absolute atomic E-state index is 11.4. The van der Waals surface area contributed by atoms with Gasteiger partial charge in [-0.15, -0.1) is 0 Å². The summed E-state index contributed by atoms with van der Waals surface area (Å²) in [6, 6.07) is 3.31. The molecule has 0 unspecified atom stereocenters. The van der Waals surface area contributed by atoms with Gasteiger partial charge in [0.2, 0.25) is 0 Å². The van der Waals surface area contributed by atoms with Crippen LogP contribution < -0.4 is 10.1 Å². The largest absolute Gasteiger partial charge is 0.504 e. The number of carbonyl (C=O) groups is 2. The maximum Gasteiger partial charge on any atom is 0.290 e. The molecule has 0 spiro atoms. The van der Waals surface area contributed by atoms with Crippen molar-refractivity contribution in [1.29, 1.82) is 0 Å². The van der Waals surface area contributed by atoms with E-state index < -0.39 is 5.91 Å². The first-order chi connectivity index (χ1) is 9.51. The van der Waals surface area contributed by atoms with Crippen LogP contribution in [0, 0.1) is 6.92 Å². The summed E-state index contributed by atoms with van der Waals surface area (Å²) in [6.45, 7) is 5.73. The molecule has 1 fully saturated rings. The Morgan fingerprint density at radius 2 is 1.95 bits per heavy atom. The lowest BCUT2D eigenvalue weighted by atomic mass is 10.1. The van der Waals surface area contributed by atoms with Gasteiger partial charge < -0.3 is 9.84 Å². The second-order valence-electron chi connectivity index (χ2n) is 3.74. The molecule has 0 aliphatic carbocycles. The lowest BCUT2D eigenvalue weighted by molar-refractivity contribution is -0.115. The van der Waals surface area contributed by atoms with Crippen LogP contribution in [0.3, 0.4) is 0 Å². The summed E-state index contributed by atoms with van der Waals surface area (Å²) in [5.74, 6) is -0.00877. The van der Waals surface area contributed by atoms with Crippen molar-refractivity contribution >= 4 is 29.0 Å².